The highest BCUT2D eigenvalue weighted by Gasteiger charge is 2.05. The van der Waals surface area contributed by atoms with Crippen molar-refractivity contribution in [1.29, 1.82) is 0 Å². The Kier molecular flexibility index (Phi) is 7.58. The molecular formula is C14H23N3O2. The van der Waals surface area contributed by atoms with Crippen molar-refractivity contribution in [1.82, 2.24) is 10.3 Å². The van der Waals surface area contributed by atoms with Gasteiger partial charge in [0.05, 0.1) is 6.61 Å². The number of amides is 1. The number of nitrogens with zero attached hydrogens (tertiary/aromatic N) is 1. The first-order valence-electron chi connectivity index (χ1n) is 6.75. The van der Waals surface area contributed by atoms with Crippen molar-refractivity contribution < 1.29 is 9.53 Å². The lowest BCUT2D eigenvalue weighted by Crippen LogP contribution is -2.24. The summed E-state index contributed by atoms with van der Waals surface area (Å²) in [6, 6.07) is 3.47. The van der Waals surface area contributed by atoms with Gasteiger partial charge in [-0.25, -0.2) is 4.98 Å². The van der Waals surface area contributed by atoms with Gasteiger partial charge in [-0.2, -0.15) is 0 Å². The van der Waals surface area contributed by atoms with Crippen molar-refractivity contribution in [3.05, 3.63) is 23.9 Å². The van der Waals surface area contributed by atoms with Crippen molar-refractivity contribution in [2.45, 2.75) is 26.2 Å². The van der Waals surface area contributed by atoms with Crippen LogP contribution in [0.15, 0.2) is 18.3 Å². The Bertz CT molecular complexity index is 383. The van der Waals surface area contributed by atoms with Crippen molar-refractivity contribution in [3.8, 4) is 0 Å². The molecule has 5 nitrogen and oxygen atoms in total. The fourth-order valence-corrected chi connectivity index (χ4v) is 1.63. The number of nitrogens with one attached hydrogen (secondary N) is 2. The molecule has 0 aliphatic rings. The van der Waals surface area contributed by atoms with Crippen molar-refractivity contribution in [2.24, 2.45) is 0 Å². The van der Waals surface area contributed by atoms with E-state index in [1.165, 1.54) is 0 Å². The van der Waals surface area contributed by atoms with Gasteiger partial charge in [-0.1, -0.05) is 19.8 Å². The summed E-state index contributed by atoms with van der Waals surface area (Å²) < 4.78 is 4.95. The summed E-state index contributed by atoms with van der Waals surface area (Å²) >= 11 is 0. The lowest BCUT2D eigenvalue weighted by atomic mass is 10.2. The fourth-order valence-electron chi connectivity index (χ4n) is 1.63. The SMILES string of the molecule is CCCCCNC(=O)c1ccnc(NCCOC)c1. The van der Waals surface area contributed by atoms with Crippen LogP contribution in [0.5, 0.6) is 0 Å². The first-order chi connectivity index (χ1) is 9.27. The zero-order valence-electron chi connectivity index (χ0n) is 11.7. The zero-order valence-corrected chi connectivity index (χ0v) is 11.7. The maximum absolute atomic E-state index is 11.9. The molecule has 0 aliphatic carbocycles. The molecule has 0 radical (unpaired) electrons. The predicted octanol–water partition coefficient (Wildman–Crippen LogP) is 2.06. The van der Waals surface area contributed by atoms with E-state index in [-0.39, 0.29) is 5.91 Å². The van der Waals surface area contributed by atoms with Crippen LogP contribution in [0, 0.1) is 0 Å². The maximum atomic E-state index is 11.9. The van der Waals surface area contributed by atoms with E-state index in [4.69, 9.17) is 4.74 Å². The molecule has 1 heterocycles. The van der Waals surface area contributed by atoms with Gasteiger partial charge in [0.2, 0.25) is 0 Å². The number of pyridine rings is 1. The second-order valence-corrected chi connectivity index (χ2v) is 4.31. The Morgan fingerprint density at radius 1 is 1.37 bits per heavy atom. The Morgan fingerprint density at radius 3 is 2.95 bits per heavy atom. The molecule has 1 rings (SSSR count). The molecule has 0 unspecified atom stereocenters. The predicted molar refractivity (Wildman–Crippen MR) is 76.5 cm³/mol. The van der Waals surface area contributed by atoms with Gasteiger partial charge in [-0.3, -0.25) is 4.79 Å². The van der Waals surface area contributed by atoms with Gasteiger partial charge in [0.25, 0.3) is 5.91 Å². The summed E-state index contributed by atoms with van der Waals surface area (Å²) in [7, 11) is 1.65. The molecule has 0 fully saturated rings. The van der Waals surface area contributed by atoms with Crippen LogP contribution in [-0.4, -0.2) is 37.7 Å². The average Bonchev–Trinajstić information content (AvgIpc) is 2.44. The number of hydrogen-bond donors (Lipinski definition) is 2. The van der Waals surface area contributed by atoms with Crippen LogP contribution >= 0.6 is 0 Å². The van der Waals surface area contributed by atoms with Crippen LogP contribution in [0.3, 0.4) is 0 Å². The molecule has 0 atom stereocenters. The second-order valence-electron chi connectivity index (χ2n) is 4.31. The monoisotopic (exact) mass is 265 g/mol. The molecule has 1 amide bonds. The number of unbranched alkanes of at least 4 members (excludes halogenated alkanes) is 2. The molecule has 0 saturated heterocycles. The van der Waals surface area contributed by atoms with Crippen LogP contribution in [0.25, 0.3) is 0 Å². The van der Waals surface area contributed by atoms with Gasteiger partial charge in [0, 0.05) is 32.0 Å². The molecule has 1 aromatic heterocycles. The van der Waals surface area contributed by atoms with Crippen molar-refractivity contribution >= 4 is 11.7 Å². The van der Waals surface area contributed by atoms with E-state index >= 15 is 0 Å². The quantitative estimate of drug-likeness (QED) is 0.671. The van der Waals surface area contributed by atoms with E-state index in [0.717, 1.165) is 25.8 Å². The normalized spacial score (nSPS) is 10.2. The van der Waals surface area contributed by atoms with E-state index in [0.29, 0.717) is 24.5 Å². The summed E-state index contributed by atoms with van der Waals surface area (Å²) in [5.74, 6) is 0.645. The zero-order chi connectivity index (χ0) is 13.9. The topological polar surface area (TPSA) is 63.2 Å². The van der Waals surface area contributed by atoms with Crippen LogP contribution in [0.2, 0.25) is 0 Å². The molecule has 1 aromatic rings. The summed E-state index contributed by atoms with van der Waals surface area (Å²) in [6.45, 7) is 4.14. The summed E-state index contributed by atoms with van der Waals surface area (Å²) in [4.78, 5) is 16.1. The van der Waals surface area contributed by atoms with Crippen molar-refractivity contribution in [2.75, 3.05) is 32.1 Å². The number of rotatable bonds is 9. The van der Waals surface area contributed by atoms with Crippen LogP contribution in [0.4, 0.5) is 5.82 Å². The molecule has 2 N–H and O–H groups in total. The lowest BCUT2D eigenvalue weighted by Gasteiger charge is -2.07. The molecule has 0 bridgehead atoms. The van der Waals surface area contributed by atoms with Crippen LogP contribution < -0.4 is 10.6 Å². The highest BCUT2D eigenvalue weighted by atomic mass is 16.5. The van der Waals surface area contributed by atoms with Gasteiger partial charge in [-0.05, 0) is 18.6 Å². The third-order valence-corrected chi connectivity index (χ3v) is 2.70. The minimum atomic E-state index is -0.0479. The molecule has 0 saturated carbocycles. The van der Waals surface area contributed by atoms with Gasteiger partial charge in [0.1, 0.15) is 5.82 Å². The van der Waals surface area contributed by atoms with E-state index in [1.807, 2.05) is 0 Å². The Labute approximate surface area is 114 Å². The number of methoxy groups -OCH3 is 1. The van der Waals surface area contributed by atoms with Crippen LogP contribution in [0.1, 0.15) is 36.5 Å². The van der Waals surface area contributed by atoms with Crippen molar-refractivity contribution in [3.63, 3.8) is 0 Å². The number of hydrogen-bond acceptors (Lipinski definition) is 4. The molecule has 0 aliphatic heterocycles. The van der Waals surface area contributed by atoms with E-state index in [2.05, 4.69) is 22.5 Å². The Morgan fingerprint density at radius 2 is 2.21 bits per heavy atom. The minimum Gasteiger partial charge on any atom is -0.383 e. The van der Waals surface area contributed by atoms with Gasteiger partial charge < -0.3 is 15.4 Å². The van der Waals surface area contributed by atoms with E-state index in [1.54, 1.807) is 25.4 Å². The maximum Gasteiger partial charge on any atom is 0.251 e. The summed E-state index contributed by atoms with van der Waals surface area (Å²) in [5, 5.41) is 6.01. The molecule has 0 spiro atoms. The third kappa shape index (κ3) is 6.20. The first kappa shape index (κ1) is 15.4. The number of carbonyl (C=O) groups is 1. The van der Waals surface area contributed by atoms with E-state index < -0.39 is 0 Å². The highest BCUT2D eigenvalue weighted by molar-refractivity contribution is 5.94. The Hall–Kier alpha value is -1.62. The lowest BCUT2D eigenvalue weighted by molar-refractivity contribution is 0.0953. The molecule has 0 aromatic carbocycles. The van der Waals surface area contributed by atoms with Gasteiger partial charge in [0.15, 0.2) is 0 Å². The minimum absolute atomic E-state index is 0.0479. The third-order valence-electron chi connectivity index (χ3n) is 2.70. The first-order valence-corrected chi connectivity index (χ1v) is 6.75. The molecule has 106 valence electrons. The summed E-state index contributed by atoms with van der Waals surface area (Å²) in [6.07, 6.45) is 4.95. The number of carbonyl (C=O) groups excluding carboxylic acids is 1. The fraction of sp³-hybridized carbons (Fsp3) is 0.571. The molecular weight excluding hydrogens is 242 g/mol. The van der Waals surface area contributed by atoms with E-state index in [9.17, 15) is 4.79 Å². The smallest absolute Gasteiger partial charge is 0.251 e. The Balaban J connectivity index is 2.43. The number of anilines is 1. The molecule has 5 heteroatoms. The second kappa shape index (κ2) is 9.33. The largest absolute Gasteiger partial charge is 0.383 e. The van der Waals surface area contributed by atoms with Gasteiger partial charge >= 0.3 is 0 Å². The molecule has 19 heavy (non-hydrogen) atoms. The standard InChI is InChI=1S/C14H23N3O2/c1-3-4-5-7-17-14(18)12-6-8-15-13(11-12)16-9-10-19-2/h6,8,11H,3-5,7,9-10H2,1-2H3,(H,15,16)(H,17,18). The average molecular weight is 265 g/mol. The van der Waals surface area contributed by atoms with Crippen LogP contribution in [-0.2, 0) is 4.74 Å². The number of ether oxygens (including phenoxy) is 1. The highest BCUT2D eigenvalue weighted by Crippen LogP contribution is 2.06. The van der Waals surface area contributed by atoms with Gasteiger partial charge in [-0.15, -0.1) is 0 Å². The summed E-state index contributed by atoms with van der Waals surface area (Å²) in [5.41, 5.74) is 0.631. The number of aromatic nitrogens is 1.